The van der Waals surface area contributed by atoms with Gasteiger partial charge in [0.15, 0.2) is 0 Å². The average molecular weight is 223 g/mol. The summed E-state index contributed by atoms with van der Waals surface area (Å²) in [4.78, 5) is 16.0. The lowest BCUT2D eigenvalue weighted by Crippen LogP contribution is -2.23. The van der Waals surface area contributed by atoms with Crippen LogP contribution >= 0.6 is 0 Å². The highest BCUT2D eigenvalue weighted by molar-refractivity contribution is 5.75. The molecule has 0 unspecified atom stereocenters. The fourth-order valence-corrected chi connectivity index (χ4v) is 1.25. The smallest absolute Gasteiger partial charge is 0.243 e. The zero-order valence-corrected chi connectivity index (χ0v) is 9.66. The Labute approximate surface area is 95.5 Å². The maximum atomic E-state index is 11.2. The van der Waals surface area contributed by atoms with Crippen LogP contribution in [0.4, 0.5) is 0 Å². The molecule has 1 rings (SSSR count). The molecule has 1 amide bonds. The highest BCUT2D eigenvalue weighted by Gasteiger charge is 2.01. The van der Waals surface area contributed by atoms with Gasteiger partial charge in [0.25, 0.3) is 0 Å². The molecule has 0 bridgehead atoms. The molecule has 88 valence electrons. The van der Waals surface area contributed by atoms with Crippen LogP contribution in [0.25, 0.3) is 0 Å². The number of nitrogens with one attached hydrogen (secondary N) is 1. The zero-order chi connectivity index (χ0) is 11.8. The maximum absolute atomic E-state index is 11.2. The van der Waals surface area contributed by atoms with Crippen LogP contribution in [0.1, 0.15) is 18.9 Å². The van der Waals surface area contributed by atoms with E-state index < -0.39 is 0 Å². The number of methoxy groups -OCH3 is 1. The standard InChI is InChI=1S/C12H17NO3/c1-3-16-13-12(14)9-6-10-4-7-11(15-2)8-5-10/h4-5,7-8H,3,6,9H2,1-2H3,(H,13,14). The van der Waals surface area contributed by atoms with Gasteiger partial charge in [0.05, 0.1) is 13.7 Å². The summed E-state index contributed by atoms with van der Waals surface area (Å²) in [6, 6.07) is 7.67. The first-order valence-electron chi connectivity index (χ1n) is 5.29. The largest absolute Gasteiger partial charge is 0.497 e. The van der Waals surface area contributed by atoms with Gasteiger partial charge in [0, 0.05) is 6.42 Å². The fraction of sp³-hybridized carbons (Fsp3) is 0.417. The van der Waals surface area contributed by atoms with Crippen molar-refractivity contribution in [3.05, 3.63) is 29.8 Å². The Morgan fingerprint density at radius 3 is 2.56 bits per heavy atom. The Kier molecular flexibility index (Phi) is 5.36. The van der Waals surface area contributed by atoms with Gasteiger partial charge in [-0.15, -0.1) is 0 Å². The fourth-order valence-electron chi connectivity index (χ4n) is 1.25. The molecular weight excluding hydrogens is 206 g/mol. The number of carbonyl (C=O) groups excluding carboxylic acids is 1. The van der Waals surface area contributed by atoms with E-state index in [-0.39, 0.29) is 5.91 Å². The first kappa shape index (κ1) is 12.5. The molecule has 0 spiro atoms. The molecule has 0 radical (unpaired) electrons. The molecule has 0 saturated heterocycles. The second-order valence-electron chi connectivity index (χ2n) is 3.31. The molecule has 4 nitrogen and oxygen atoms in total. The van der Waals surface area contributed by atoms with Crippen LogP contribution in [-0.2, 0) is 16.1 Å². The molecule has 0 heterocycles. The first-order valence-corrected chi connectivity index (χ1v) is 5.29. The van der Waals surface area contributed by atoms with Crippen molar-refractivity contribution in [2.75, 3.05) is 13.7 Å². The number of ether oxygens (including phenoxy) is 1. The average Bonchev–Trinajstić information content (AvgIpc) is 2.34. The van der Waals surface area contributed by atoms with Crippen LogP contribution in [0, 0.1) is 0 Å². The van der Waals surface area contributed by atoms with E-state index in [1.165, 1.54) is 0 Å². The molecule has 1 N–H and O–H groups in total. The molecule has 0 aromatic heterocycles. The van der Waals surface area contributed by atoms with E-state index in [1.54, 1.807) is 7.11 Å². The quantitative estimate of drug-likeness (QED) is 0.747. The topological polar surface area (TPSA) is 47.6 Å². The summed E-state index contributed by atoms with van der Waals surface area (Å²) in [7, 11) is 1.63. The molecular formula is C12H17NO3. The second-order valence-corrected chi connectivity index (χ2v) is 3.31. The van der Waals surface area contributed by atoms with E-state index >= 15 is 0 Å². The van der Waals surface area contributed by atoms with Gasteiger partial charge in [0.1, 0.15) is 5.75 Å². The van der Waals surface area contributed by atoms with Gasteiger partial charge in [-0.25, -0.2) is 5.48 Å². The predicted octanol–water partition coefficient (Wildman–Crippen LogP) is 1.70. The van der Waals surface area contributed by atoms with E-state index in [4.69, 9.17) is 9.57 Å². The van der Waals surface area contributed by atoms with Gasteiger partial charge in [-0.2, -0.15) is 0 Å². The highest BCUT2D eigenvalue weighted by atomic mass is 16.6. The SMILES string of the molecule is CCONC(=O)CCc1ccc(OC)cc1. The van der Waals surface area contributed by atoms with Crippen LogP contribution in [0.2, 0.25) is 0 Å². The molecule has 16 heavy (non-hydrogen) atoms. The van der Waals surface area contributed by atoms with E-state index in [9.17, 15) is 4.79 Å². The van der Waals surface area contributed by atoms with Gasteiger partial charge in [-0.3, -0.25) is 9.63 Å². The summed E-state index contributed by atoms with van der Waals surface area (Å²) >= 11 is 0. The van der Waals surface area contributed by atoms with Crippen LogP contribution in [0.3, 0.4) is 0 Å². The number of amides is 1. The third-order valence-corrected chi connectivity index (χ3v) is 2.13. The summed E-state index contributed by atoms with van der Waals surface area (Å²) in [6.45, 7) is 2.30. The number of hydroxylamine groups is 1. The van der Waals surface area contributed by atoms with Gasteiger partial charge >= 0.3 is 0 Å². The summed E-state index contributed by atoms with van der Waals surface area (Å²) in [5.41, 5.74) is 3.47. The highest BCUT2D eigenvalue weighted by Crippen LogP contribution is 2.12. The molecule has 0 saturated carbocycles. The van der Waals surface area contributed by atoms with Gasteiger partial charge < -0.3 is 4.74 Å². The number of aryl methyl sites for hydroxylation is 1. The maximum Gasteiger partial charge on any atom is 0.243 e. The molecule has 1 aromatic rings. The van der Waals surface area contributed by atoms with Crippen molar-refractivity contribution in [2.24, 2.45) is 0 Å². The summed E-state index contributed by atoms with van der Waals surface area (Å²) in [5, 5.41) is 0. The van der Waals surface area contributed by atoms with E-state index in [0.29, 0.717) is 19.4 Å². The van der Waals surface area contributed by atoms with Gasteiger partial charge in [0.2, 0.25) is 5.91 Å². The van der Waals surface area contributed by atoms with Crippen LogP contribution in [-0.4, -0.2) is 19.6 Å². The van der Waals surface area contributed by atoms with Crippen molar-refractivity contribution >= 4 is 5.91 Å². The van der Waals surface area contributed by atoms with E-state index in [2.05, 4.69) is 5.48 Å². The molecule has 0 fully saturated rings. The minimum Gasteiger partial charge on any atom is -0.497 e. The van der Waals surface area contributed by atoms with Gasteiger partial charge in [-0.1, -0.05) is 12.1 Å². The van der Waals surface area contributed by atoms with Crippen molar-refractivity contribution < 1.29 is 14.4 Å². The van der Waals surface area contributed by atoms with Crippen LogP contribution in [0.5, 0.6) is 5.75 Å². The lowest BCUT2D eigenvalue weighted by Gasteiger charge is -2.04. The third-order valence-electron chi connectivity index (χ3n) is 2.13. The number of benzene rings is 1. The van der Waals surface area contributed by atoms with E-state index in [1.807, 2.05) is 31.2 Å². The van der Waals surface area contributed by atoms with Crippen LogP contribution < -0.4 is 10.2 Å². The zero-order valence-electron chi connectivity index (χ0n) is 9.66. The van der Waals surface area contributed by atoms with E-state index in [0.717, 1.165) is 11.3 Å². The normalized spacial score (nSPS) is 9.88. The summed E-state index contributed by atoms with van der Waals surface area (Å²) in [5.74, 6) is 0.722. The molecule has 4 heteroatoms. The number of hydrogen-bond donors (Lipinski definition) is 1. The van der Waals surface area contributed by atoms with Crippen molar-refractivity contribution in [3.63, 3.8) is 0 Å². The first-order chi connectivity index (χ1) is 7.76. The number of carbonyl (C=O) groups is 1. The van der Waals surface area contributed by atoms with Gasteiger partial charge in [-0.05, 0) is 31.0 Å². The molecule has 0 aliphatic carbocycles. The third kappa shape index (κ3) is 4.31. The van der Waals surface area contributed by atoms with Crippen molar-refractivity contribution in [1.29, 1.82) is 0 Å². The monoisotopic (exact) mass is 223 g/mol. The Hall–Kier alpha value is -1.55. The summed E-state index contributed by atoms with van der Waals surface area (Å²) < 4.78 is 5.05. The molecule has 1 aromatic carbocycles. The Morgan fingerprint density at radius 1 is 1.31 bits per heavy atom. The molecule has 0 aliphatic heterocycles. The lowest BCUT2D eigenvalue weighted by atomic mass is 10.1. The van der Waals surface area contributed by atoms with Crippen molar-refractivity contribution in [3.8, 4) is 5.75 Å². The Morgan fingerprint density at radius 2 is 2.00 bits per heavy atom. The minimum atomic E-state index is -0.0994. The van der Waals surface area contributed by atoms with Crippen LogP contribution in [0.15, 0.2) is 24.3 Å². The number of rotatable bonds is 6. The predicted molar refractivity (Wildman–Crippen MR) is 61.1 cm³/mol. The summed E-state index contributed by atoms with van der Waals surface area (Å²) in [6.07, 6.45) is 1.12. The molecule has 0 atom stereocenters. The Balaban J connectivity index is 2.33. The minimum absolute atomic E-state index is 0.0994. The van der Waals surface area contributed by atoms with Crippen molar-refractivity contribution in [1.82, 2.24) is 5.48 Å². The second kappa shape index (κ2) is 6.85. The van der Waals surface area contributed by atoms with Crippen molar-refractivity contribution in [2.45, 2.75) is 19.8 Å². The number of hydrogen-bond acceptors (Lipinski definition) is 3. The lowest BCUT2D eigenvalue weighted by molar-refractivity contribution is -0.133. The Bertz CT molecular complexity index is 322. The molecule has 0 aliphatic rings.